The van der Waals surface area contributed by atoms with Crippen LogP contribution < -0.4 is 15.4 Å². The van der Waals surface area contributed by atoms with E-state index < -0.39 is 23.8 Å². The maximum absolute atomic E-state index is 13.0. The average Bonchev–Trinajstić information content (AvgIpc) is 3.80. The molecule has 2 amide bonds. The number of methoxy groups -OCH3 is 1. The molecular weight excluding hydrogens is 824 g/mol. The standard InChI is InChI=1S/C27H19N3O4.C21H16ClN3O4/c28-15-19(14-20-16-30(17-25(31)32)24-13-7-5-10-21(20)24)27(34)29-23-12-6-4-11-22(23)26(33)18-8-2-1-3-9-18;1-29-19-7-6-15(9-17(19)22)24-21(28)13(10-23)8-14-11-25(12-20(26)27)18-5-3-2-4-16(14)18/h1-14,16H,17H2,(H,29,34)(H,31,32);2-9,11H,12H2,1H3,(H,24,28)(H,26,27)/b19-14+;13-8+. The van der Waals surface area contributed by atoms with Crippen molar-refractivity contribution in [3.05, 3.63) is 172 Å². The zero-order valence-electron chi connectivity index (χ0n) is 33.3. The lowest BCUT2D eigenvalue weighted by Gasteiger charge is -2.10. The number of ketones is 1. The van der Waals surface area contributed by atoms with Gasteiger partial charge in [-0.15, -0.1) is 0 Å². The van der Waals surface area contributed by atoms with E-state index in [1.165, 1.54) is 25.3 Å². The predicted octanol–water partition coefficient (Wildman–Crippen LogP) is 8.44. The van der Waals surface area contributed by atoms with Crippen LogP contribution in [0.1, 0.15) is 27.0 Å². The number of rotatable bonds is 13. The maximum Gasteiger partial charge on any atom is 0.323 e. The fraction of sp³-hybridized carbons (Fsp3) is 0.0625. The highest BCUT2D eigenvalue weighted by Gasteiger charge is 2.19. The van der Waals surface area contributed by atoms with Crippen LogP contribution in [0.2, 0.25) is 5.02 Å². The number of amides is 2. The molecule has 4 N–H and O–H groups in total. The summed E-state index contributed by atoms with van der Waals surface area (Å²) in [6.07, 6.45) is 6.04. The lowest BCUT2D eigenvalue weighted by molar-refractivity contribution is -0.138. The number of hydrogen-bond donors (Lipinski definition) is 4. The predicted molar refractivity (Wildman–Crippen MR) is 238 cm³/mol. The molecule has 63 heavy (non-hydrogen) atoms. The molecule has 0 fully saturated rings. The third-order valence-electron chi connectivity index (χ3n) is 9.45. The molecule has 0 aliphatic carbocycles. The van der Waals surface area contributed by atoms with Gasteiger partial charge in [0.2, 0.25) is 0 Å². The summed E-state index contributed by atoms with van der Waals surface area (Å²) in [5, 5.41) is 44.5. The Morgan fingerprint density at radius 1 is 0.667 bits per heavy atom. The third kappa shape index (κ3) is 10.5. The second kappa shape index (κ2) is 20.0. The lowest BCUT2D eigenvalue weighted by Crippen LogP contribution is -2.16. The van der Waals surface area contributed by atoms with Crippen molar-refractivity contribution in [1.29, 1.82) is 10.5 Å². The summed E-state index contributed by atoms with van der Waals surface area (Å²) in [5.41, 5.74) is 3.65. The number of carboxylic acid groups (broad SMARTS) is 2. The molecule has 2 aromatic heterocycles. The van der Waals surface area contributed by atoms with Crippen LogP contribution >= 0.6 is 11.6 Å². The van der Waals surface area contributed by atoms with Gasteiger partial charge in [-0.1, -0.05) is 90.5 Å². The molecule has 0 unspecified atom stereocenters. The van der Waals surface area contributed by atoms with E-state index in [0.717, 1.165) is 5.39 Å². The molecule has 0 saturated heterocycles. The smallest absolute Gasteiger partial charge is 0.323 e. The second-order valence-electron chi connectivity index (χ2n) is 13.6. The number of nitrogens with one attached hydrogen (secondary N) is 2. The van der Waals surface area contributed by atoms with Crippen LogP contribution in [0.15, 0.2) is 145 Å². The number of anilines is 2. The maximum atomic E-state index is 13.0. The van der Waals surface area contributed by atoms with E-state index in [-0.39, 0.29) is 35.7 Å². The van der Waals surface area contributed by atoms with Gasteiger partial charge in [-0.25, -0.2) is 0 Å². The molecule has 5 aromatic carbocycles. The fourth-order valence-corrected chi connectivity index (χ4v) is 6.87. The summed E-state index contributed by atoms with van der Waals surface area (Å²) < 4.78 is 8.17. The molecule has 7 rings (SSSR count). The molecule has 7 aromatic rings. The zero-order chi connectivity index (χ0) is 45.0. The lowest BCUT2D eigenvalue weighted by atomic mass is 10.0. The normalized spacial score (nSPS) is 11.1. The average molecular weight is 859 g/mol. The first-order valence-corrected chi connectivity index (χ1v) is 19.3. The Hall–Kier alpha value is -8.72. The van der Waals surface area contributed by atoms with Crippen molar-refractivity contribution in [1.82, 2.24) is 9.13 Å². The van der Waals surface area contributed by atoms with Crippen molar-refractivity contribution >= 4 is 86.5 Å². The largest absolute Gasteiger partial charge is 0.495 e. The quantitative estimate of drug-likeness (QED) is 0.0493. The van der Waals surface area contributed by atoms with Gasteiger partial charge in [0.25, 0.3) is 11.8 Å². The van der Waals surface area contributed by atoms with Crippen molar-refractivity contribution in [2.45, 2.75) is 13.1 Å². The van der Waals surface area contributed by atoms with Crippen molar-refractivity contribution in [3.8, 4) is 17.9 Å². The Bertz CT molecular complexity index is 3060. The number of benzene rings is 5. The number of nitriles is 2. The van der Waals surface area contributed by atoms with Crippen LogP contribution in [0.25, 0.3) is 34.0 Å². The molecule has 0 saturated carbocycles. The molecule has 15 heteroatoms. The number of nitrogens with zero attached hydrogens (tertiary/aromatic N) is 4. The molecule has 312 valence electrons. The van der Waals surface area contributed by atoms with Crippen LogP contribution in [-0.4, -0.2) is 56.0 Å². The van der Waals surface area contributed by atoms with Crippen LogP contribution in [0.5, 0.6) is 5.75 Å². The number of carbonyl (C=O) groups is 5. The summed E-state index contributed by atoms with van der Waals surface area (Å²) in [7, 11) is 1.48. The van der Waals surface area contributed by atoms with E-state index in [9.17, 15) is 39.6 Å². The topological polar surface area (TPSA) is 217 Å². The summed E-state index contributed by atoms with van der Waals surface area (Å²) in [4.78, 5) is 60.8. The van der Waals surface area contributed by atoms with Gasteiger partial charge in [0.05, 0.1) is 17.8 Å². The van der Waals surface area contributed by atoms with Crippen LogP contribution in [0.3, 0.4) is 0 Å². The molecule has 0 bridgehead atoms. The monoisotopic (exact) mass is 858 g/mol. The SMILES string of the molecule is COc1ccc(NC(=O)/C(C#N)=C/c2cn(CC(=O)O)c3ccccc23)cc1Cl.N#C/C(=C\c1cn(CC(=O)O)c2ccccc12)C(=O)Nc1ccccc1C(=O)c1ccccc1. The summed E-state index contributed by atoms with van der Waals surface area (Å²) in [6, 6.07) is 38.1. The number of aliphatic carboxylic acids is 2. The van der Waals surface area contributed by atoms with E-state index in [4.69, 9.17) is 21.4 Å². The number of carbonyl (C=O) groups excluding carboxylic acids is 3. The highest BCUT2D eigenvalue weighted by Crippen LogP contribution is 2.29. The van der Waals surface area contributed by atoms with Gasteiger partial charge in [0.1, 0.15) is 42.1 Å². The van der Waals surface area contributed by atoms with E-state index >= 15 is 0 Å². The number of para-hydroxylation sites is 3. The van der Waals surface area contributed by atoms with Gasteiger partial charge in [0, 0.05) is 62.1 Å². The molecule has 0 aliphatic rings. The Morgan fingerprint density at radius 2 is 1.16 bits per heavy atom. The molecular formula is C48H35ClN6O8. The number of hydrogen-bond acceptors (Lipinski definition) is 8. The van der Waals surface area contributed by atoms with Crippen molar-refractivity contribution in [2.24, 2.45) is 0 Å². The minimum Gasteiger partial charge on any atom is -0.495 e. The summed E-state index contributed by atoms with van der Waals surface area (Å²) >= 11 is 6.06. The van der Waals surface area contributed by atoms with Crippen LogP contribution in [0.4, 0.5) is 11.4 Å². The summed E-state index contributed by atoms with van der Waals surface area (Å²) in [6.45, 7) is -0.482. The first-order chi connectivity index (χ1) is 30.4. The zero-order valence-corrected chi connectivity index (χ0v) is 34.0. The van der Waals surface area contributed by atoms with Gasteiger partial charge < -0.3 is 34.7 Å². The van der Waals surface area contributed by atoms with Gasteiger partial charge in [0.15, 0.2) is 5.78 Å². The minimum absolute atomic E-state index is 0.129. The molecule has 2 heterocycles. The van der Waals surface area contributed by atoms with Crippen molar-refractivity contribution < 1.29 is 38.9 Å². The Balaban J connectivity index is 0.000000213. The van der Waals surface area contributed by atoms with Gasteiger partial charge in [-0.2, -0.15) is 10.5 Å². The molecule has 0 atom stereocenters. The van der Waals surface area contributed by atoms with E-state index in [2.05, 4.69) is 10.6 Å². The Morgan fingerprint density at radius 3 is 1.67 bits per heavy atom. The summed E-state index contributed by atoms with van der Waals surface area (Å²) in [5.74, 6) is -3.07. The van der Waals surface area contributed by atoms with Crippen molar-refractivity contribution in [3.63, 3.8) is 0 Å². The first kappa shape index (κ1) is 43.8. The molecule has 14 nitrogen and oxygen atoms in total. The second-order valence-corrected chi connectivity index (χ2v) is 14.0. The number of carboxylic acids is 2. The number of aromatic nitrogens is 2. The van der Waals surface area contributed by atoms with Gasteiger partial charge in [-0.3, -0.25) is 24.0 Å². The van der Waals surface area contributed by atoms with Crippen LogP contribution in [0, 0.1) is 22.7 Å². The molecule has 0 aliphatic heterocycles. The fourth-order valence-electron chi connectivity index (χ4n) is 6.61. The molecule has 0 spiro atoms. The number of halogens is 1. The third-order valence-corrected chi connectivity index (χ3v) is 9.74. The van der Waals surface area contributed by atoms with Gasteiger partial charge >= 0.3 is 11.9 Å². The minimum atomic E-state index is -1.01. The van der Waals surface area contributed by atoms with Gasteiger partial charge in [-0.05, 0) is 54.6 Å². The number of fused-ring (bicyclic) bond motifs is 2. The first-order valence-electron chi connectivity index (χ1n) is 18.9. The Kier molecular flexibility index (Phi) is 13.9. The number of ether oxygens (including phenoxy) is 1. The van der Waals surface area contributed by atoms with Crippen LogP contribution in [-0.2, 0) is 32.3 Å². The highest BCUT2D eigenvalue weighted by atomic mass is 35.5. The Labute approximate surface area is 364 Å². The van der Waals surface area contributed by atoms with Crippen molar-refractivity contribution in [2.75, 3.05) is 17.7 Å². The van der Waals surface area contributed by atoms with E-state index in [1.807, 2.05) is 18.2 Å². The molecule has 0 radical (unpaired) electrons. The van der Waals surface area contributed by atoms with E-state index in [1.54, 1.807) is 131 Å². The highest BCUT2D eigenvalue weighted by molar-refractivity contribution is 6.32. The van der Waals surface area contributed by atoms with E-state index in [0.29, 0.717) is 55.1 Å².